The molecule has 0 bridgehead atoms. The first kappa shape index (κ1) is 9.92. The van der Waals surface area contributed by atoms with Gasteiger partial charge in [-0.25, -0.2) is 15.0 Å². The summed E-state index contributed by atoms with van der Waals surface area (Å²) in [5.74, 6) is 1.60. The molecule has 0 spiro atoms. The Kier molecular flexibility index (Phi) is 2.31. The molecule has 2 heterocycles. The topological polar surface area (TPSA) is 69.6 Å². The van der Waals surface area contributed by atoms with Crippen molar-refractivity contribution in [3.8, 4) is 5.82 Å². The van der Waals surface area contributed by atoms with Crippen LogP contribution < -0.4 is 5.73 Å². The molecule has 17 heavy (non-hydrogen) atoms. The van der Waals surface area contributed by atoms with E-state index in [4.69, 9.17) is 5.73 Å². The van der Waals surface area contributed by atoms with Crippen LogP contribution >= 0.6 is 0 Å². The SMILES string of the molecule is NCc1nccn1-c1ncnc2ccccc12. The Bertz CT molecular complexity index is 653. The zero-order chi connectivity index (χ0) is 11.7. The van der Waals surface area contributed by atoms with Crippen LogP contribution in [-0.4, -0.2) is 19.5 Å². The van der Waals surface area contributed by atoms with E-state index < -0.39 is 0 Å². The van der Waals surface area contributed by atoms with Gasteiger partial charge in [-0.3, -0.25) is 4.57 Å². The van der Waals surface area contributed by atoms with E-state index in [-0.39, 0.29) is 0 Å². The van der Waals surface area contributed by atoms with Gasteiger partial charge in [0.25, 0.3) is 0 Å². The van der Waals surface area contributed by atoms with E-state index in [9.17, 15) is 0 Å². The van der Waals surface area contributed by atoms with E-state index in [0.29, 0.717) is 6.54 Å². The summed E-state index contributed by atoms with van der Waals surface area (Å²) in [4.78, 5) is 12.7. The van der Waals surface area contributed by atoms with Gasteiger partial charge >= 0.3 is 0 Å². The first-order valence-corrected chi connectivity index (χ1v) is 5.32. The molecule has 2 aromatic heterocycles. The van der Waals surface area contributed by atoms with Crippen LogP contribution in [0.4, 0.5) is 0 Å². The van der Waals surface area contributed by atoms with Crippen molar-refractivity contribution in [1.82, 2.24) is 19.5 Å². The maximum absolute atomic E-state index is 5.65. The molecule has 3 aromatic rings. The van der Waals surface area contributed by atoms with Crippen molar-refractivity contribution in [2.75, 3.05) is 0 Å². The smallest absolute Gasteiger partial charge is 0.149 e. The van der Waals surface area contributed by atoms with Crippen LogP contribution in [0.15, 0.2) is 43.0 Å². The van der Waals surface area contributed by atoms with Gasteiger partial charge in [-0.2, -0.15) is 0 Å². The van der Waals surface area contributed by atoms with Crippen molar-refractivity contribution in [3.63, 3.8) is 0 Å². The number of nitrogens with two attached hydrogens (primary N) is 1. The lowest BCUT2D eigenvalue weighted by Crippen LogP contribution is -2.08. The molecular weight excluding hydrogens is 214 g/mol. The summed E-state index contributed by atoms with van der Waals surface area (Å²) < 4.78 is 1.89. The van der Waals surface area contributed by atoms with E-state index in [1.807, 2.05) is 35.0 Å². The van der Waals surface area contributed by atoms with E-state index in [1.165, 1.54) is 0 Å². The molecule has 5 heteroatoms. The largest absolute Gasteiger partial charge is 0.324 e. The van der Waals surface area contributed by atoms with Crippen LogP contribution in [0.1, 0.15) is 5.82 Å². The highest BCUT2D eigenvalue weighted by molar-refractivity contribution is 5.84. The predicted molar refractivity (Wildman–Crippen MR) is 64.6 cm³/mol. The minimum Gasteiger partial charge on any atom is -0.324 e. The van der Waals surface area contributed by atoms with Crippen LogP contribution in [0.2, 0.25) is 0 Å². The van der Waals surface area contributed by atoms with Gasteiger partial charge in [0.15, 0.2) is 0 Å². The van der Waals surface area contributed by atoms with Crippen LogP contribution in [0, 0.1) is 0 Å². The molecule has 5 nitrogen and oxygen atoms in total. The highest BCUT2D eigenvalue weighted by Gasteiger charge is 2.08. The molecule has 3 rings (SSSR count). The van der Waals surface area contributed by atoms with E-state index in [1.54, 1.807) is 12.5 Å². The summed E-state index contributed by atoms with van der Waals surface area (Å²) in [6.07, 6.45) is 5.13. The fourth-order valence-electron chi connectivity index (χ4n) is 1.86. The predicted octanol–water partition coefficient (Wildman–Crippen LogP) is 1.27. The van der Waals surface area contributed by atoms with Crippen molar-refractivity contribution >= 4 is 10.9 Å². The standard InChI is InChI=1S/C12H11N5/c13-7-11-14-5-6-17(11)12-9-3-1-2-4-10(9)15-8-16-12/h1-6,8H,7,13H2. The van der Waals surface area contributed by atoms with E-state index >= 15 is 0 Å². The number of hydrogen-bond acceptors (Lipinski definition) is 4. The molecule has 84 valence electrons. The first-order chi connectivity index (χ1) is 8.40. The Labute approximate surface area is 98.0 Å². The number of imidazole rings is 1. The molecule has 0 saturated heterocycles. The second-order valence-corrected chi connectivity index (χ2v) is 3.63. The van der Waals surface area contributed by atoms with Crippen molar-refractivity contribution < 1.29 is 0 Å². The molecule has 1 aromatic carbocycles. The maximum Gasteiger partial charge on any atom is 0.149 e. The Balaban J connectivity index is 2.31. The number of benzene rings is 1. The Morgan fingerprint density at radius 1 is 1.12 bits per heavy atom. The Hall–Kier alpha value is -2.27. The fraction of sp³-hybridized carbons (Fsp3) is 0.0833. The number of aromatic nitrogens is 4. The second-order valence-electron chi connectivity index (χ2n) is 3.63. The van der Waals surface area contributed by atoms with Gasteiger partial charge in [0.2, 0.25) is 0 Å². The number of nitrogens with zero attached hydrogens (tertiary/aromatic N) is 4. The summed E-state index contributed by atoms with van der Waals surface area (Å²) in [6.45, 7) is 0.380. The summed E-state index contributed by atoms with van der Waals surface area (Å²) >= 11 is 0. The Morgan fingerprint density at radius 2 is 2.00 bits per heavy atom. The lowest BCUT2D eigenvalue weighted by Gasteiger charge is -2.07. The average molecular weight is 225 g/mol. The van der Waals surface area contributed by atoms with Gasteiger partial charge in [0.1, 0.15) is 18.0 Å². The summed E-state index contributed by atoms with van der Waals surface area (Å²) in [6, 6.07) is 7.87. The third kappa shape index (κ3) is 1.57. The lowest BCUT2D eigenvalue weighted by molar-refractivity contribution is 0.850. The highest BCUT2D eigenvalue weighted by atomic mass is 15.1. The summed E-state index contributed by atoms with van der Waals surface area (Å²) in [5, 5.41) is 0.989. The third-order valence-corrected chi connectivity index (χ3v) is 2.65. The third-order valence-electron chi connectivity index (χ3n) is 2.65. The highest BCUT2D eigenvalue weighted by Crippen LogP contribution is 2.18. The quantitative estimate of drug-likeness (QED) is 0.713. The number of rotatable bonds is 2. The Morgan fingerprint density at radius 3 is 2.88 bits per heavy atom. The monoisotopic (exact) mass is 225 g/mol. The van der Waals surface area contributed by atoms with Crippen LogP contribution in [0.3, 0.4) is 0 Å². The minimum atomic E-state index is 0.380. The van der Waals surface area contributed by atoms with Gasteiger partial charge in [0, 0.05) is 17.8 Å². The van der Waals surface area contributed by atoms with Crippen LogP contribution in [0.25, 0.3) is 16.7 Å². The second kappa shape index (κ2) is 3.95. The zero-order valence-corrected chi connectivity index (χ0v) is 9.11. The molecule has 0 aliphatic carbocycles. The molecule has 0 atom stereocenters. The molecular formula is C12H11N5. The first-order valence-electron chi connectivity index (χ1n) is 5.32. The molecule has 0 aliphatic rings. The summed E-state index contributed by atoms with van der Waals surface area (Å²) in [7, 11) is 0. The van der Waals surface area contributed by atoms with E-state index in [2.05, 4.69) is 15.0 Å². The van der Waals surface area contributed by atoms with Crippen LogP contribution in [-0.2, 0) is 6.54 Å². The van der Waals surface area contributed by atoms with Crippen LogP contribution in [0.5, 0.6) is 0 Å². The molecule has 0 aliphatic heterocycles. The summed E-state index contributed by atoms with van der Waals surface area (Å²) in [5.41, 5.74) is 6.56. The maximum atomic E-state index is 5.65. The van der Waals surface area contributed by atoms with Crippen molar-refractivity contribution in [2.45, 2.75) is 6.54 Å². The van der Waals surface area contributed by atoms with Crippen molar-refractivity contribution in [3.05, 3.63) is 48.8 Å². The van der Waals surface area contributed by atoms with Crippen molar-refractivity contribution in [1.29, 1.82) is 0 Å². The molecule has 2 N–H and O–H groups in total. The minimum absolute atomic E-state index is 0.380. The van der Waals surface area contributed by atoms with Gasteiger partial charge in [-0.15, -0.1) is 0 Å². The van der Waals surface area contributed by atoms with Gasteiger partial charge < -0.3 is 5.73 Å². The normalized spacial score (nSPS) is 10.9. The molecule has 0 radical (unpaired) electrons. The number of hydrogen-bond donors (Lipinski definition) is 1. The molecule has 0 amide bonds. The van der Waals surface area contributed by atoms with E-state index in [0.717, 1.165) is 22.5 Å². The number of para-hydroxylation sites is 1. The van der Waals surface area contributed by atoms with Gasteiger partial charge in [0.05, 0.1) is 12.1 Å². The zero-order valence-electron chi connectivity index (χ0n) is 9.11. The molecule has 0 fully saturated rings. The van der Waals surface area contributed by atoms with Gasteiger partial charge in [-0.05, 0) is 12.1 Å². The number of fused-ring (bicyclic) bond motifs is 1. The fourth-order valence-corrected chi connectivity index (χ4v) is 1.86. The van der Waals surface area contributed by atoms with Crippen molar-refractivity contribution in [2.24, 2.45) is 5.73 Å². The molecule has 0 saturated carbocycles. The van der Waals surface area contributed by atoms with Gasteiger partial charge in [-0.1, -0.05) is 12.1 Å². The molecule has 0 unspecified atom stereocenters. The lowest BCUT2D eigenvalue weighted by atomic mass is 10.2. The average Bonchev–Trinajstić information content (AvgIpc) is 2.86.